The molecule has 1 amide bonds. The van der Waals surface area contributed by atoms with E-state index < -0.39 is 0 Å². The minimum absolute atomic E-state index is 0.0330. The van der Waals surface area contributed by atoms with Gasteiger partial charge in [0.15, 0.2) is 0 Å². The van der Waals surface area contributed by atoms with Gasteiger partial charge in [0.2, 0.25) is 5.91 Å². The lowest BCUT2D eigenvalue weighted by molar-refractivity contribution is -0.167. The van der Waals surface area contributed by atoms with E-state index in [-0.39, 0.29) is 23.0 Å². The van der Waals surface area contributed by atoms with Gasteiger partial charge in [0.1, 0.15) is 0 Å². The topological polar surface area (TPSA) is 55.6 Å². The van der Waals surface area contributed by atoms with Crippen LogP contribution in [0.5, 0.6) is 0 Å². The Balaban J connectivity index is 2.11. The summed E-state index contributed by atoms with van der Waals surface area (Å²) in [6.45, 7) is 10.4. The highest BCUT2D eigenvalue weighted by molar-refractivity contribution is 5.80. The molecule has 1 heterocycles. The van der Waals surface area contributed by atoms with Crippen LogP contribution < -0.4 is 5.73 Å². The lowest BCUT2D eigenvalue weighted by Crippen LogP contribution is -2.58. The van der Waals surface area contributed by atoms with E-state index in [0.717, 1.165) is 12.8 Å². The van der Waals surface area contributed by atoms with E-state index in [1.54, 1.807) is 0 Å². The molecule has 2 unspecified atom stereocenters. The highest BCUT2D eigenvalue weighted by atomic mass is 16.5. The maximum atomic E-state index is 12.9. The summed E-state index contributed by atoms with van der Waals surface area (Å²) in [6, 6.07) is 0. The third-order valence-corrected chi connectivity index (χ3v) is 4.86. The molecule has 1 aliphatic carbocycles. The first-order valence-corrected chi connectivity index (χ1v) is 7.92. The zero-order chi connectivity index (χ0) is 15.0. The first kappa shape index (κ1) is 15.8. The second-order valence-corrected chi connectivity index (χ2v) is 7.74. The third-order valence-electron chi connectivity index (χ3n) is 4.86. The molecule has 0 bridgehead atoms. The van der Waals surface area contributed by atoms with E-state index >= 15 is 0 Å². The minimum atomic E-state index is -0.295. The van der Waals surface area contributed by atoms with Gasteiger partial charge in [0.25, 0.3) is 0 Å². The molecule has 0 spiro atoms. The van der Waals surface area contributed by atoms with Crippen molar-refractivity contribution in [2.45, 2.75) is 65.1 Å². The summed E-state index contributed by atoms with van der Waals surface area (Å²) in [5.41, 5.74) is 5.58. The summed E-state index contributed by atoms with van der Waals surface area (Å²) in [5.74, 6) is 0.466. The molecular weight excluding hydrogens is 252 g/mol. The number of amides is 1. The molecule has 0 aromatic rings. The fourth-order valence-corrected chi connectivity index (χ4v) is 3.76. The van der Waals surface area contributed by atoms with E-state index in [0.29, 0.717) is 25.5 Å². The molecule has 20 heavy (non-hydrogen) atoms. The molecule has 2 N–H and O–H groups in total. The van der Waals surface area contributed by atoms with Crippen molar-refractivity contribution in [3.8, 4) is 0 Å². The van der Waals surface area contributed by atoms with E-state index in [4.69, 9.17) is 10.5 Å². The maximum Gasteiger partial charge on any atom is 0.226 e. The molecule has 116 valence electrons. The van der Waals surface area contributed by atoms with Crippen LogP contribution in [-0.4, -0.2) is 42.1 Å². The van der Waals surface area contributed by atoms with Crippen LogP contribution >= 0.6 is 0 Å². The minimum Gasteiger partial charge on any atom is -0.367 e. The predicted molar refractivity (Wildman–Crippen MR) is 80.3 cm³/mol. The number of nitrogens with two attached hydrogens (primary N) is 1. The van der Waals surface area contributed by atoms with Crippen LogP contribution in [-0.2, 0) is 9.53 Å². The number of carbonyl (C=O) groups excluding carboxylic acids is 1. The number of morpholine rings is 1. The molecule has 0 aromatic heterocycles. The van der Waals surface area contributed by atoms with Gasteiger partial charge in [0.05, 0.1) is 11.7 Å². The van der Waals surface area contributed by atoms with Crippen LogP contribution in [0.2, 0.25) is 0 Å². The summed E-state index contributed by atoms with van der Waals surface area (Å²) < 4.78 is 5.92. The summed E-state index contributed by atoms with van der Waals surface area (Å²) in [5, 5.41) is 0. The Bertz CT molecular complexity index is 365. The van der Waals surface area contributed by atoms with Crippen molar-refractivity contribution in [1.82, 2.24) is 4.90 Å². The Morgan fingerprint density at radius 2 is 2.00 bits per heavy atom. The zero-order valence-electron chi connectivity index (χ0n) is 13.4. The average molecular weight is 282 g/mol. The molecular formula is C16H30N2O2. The summed E-state index contributed by atoms with van der Waals surface area (Å²) >= 11 is 0. The van der Waals surface area contributed by atoms with E-state index in [1.807, 2.05) is 18.7 Å². The van der Waals surface area contributed by atoms with Crippen molar-refractivity contribution in [3.63, 3.8) is 0 Å². The average Bonchev–Trinajstić information content (AvgIpc) is 2.35. The van der Waals surface area contributed by atoms with Crippen LogP contribution in [0.3, 0.4) is 0 Å². The van der Waals surface area contributed by atoms with Gasteiger partial charge in [-0.25, -0.2) is 0 Å². The lowest BCUT2D eigenvalue weighted by Gasteiger charge is -2.46. The quantitative estimate of drug-likeness (QED) is 0.844. The monoisotopic (exact) mass is 282 g/mol. The highest BCUT2D eigenvalue weighted by Crippen LogP contribution is 2.42. The van der Waals surface area contributed by atoms with Gasteiger partial charge in [0, 0.05) is 25.6 Å². The molecule has 4 nitrogen and oxygen atoms in total. The largest absolute Gasteiger partial charge is 0.367 e. The smallest absolute Gasteiger partial charge is 0.226 e. The molecule has 2 atom stereocenters. The van der Waals surface area contributed by atoms with Crippen LogP contribution in [0.15, 0.2) is 0 Å². The van der Waals surface area contributed by atoms with Crippen molar-refractivity contribution in [2.75, 3.05) is 19.6 Å². The molecule has 1 aliphatic heterocycles. The molecule has 4 heteroatoms. The molecule has 1 saturated carbocycles. The number of rotatable bonds is 2. The van der Waals surface area contributed by atoms with Crippen molar-refractivity contribution >= 4 is 5.91 Å². The Morgan fingerprint density at radius 1 is 1.30 bits per heavy atom. The van der Waals surface area contributed by atoms with Gasteiger partial charge >= 0.3 is 0 Å². The van der Waals surface area contributed by atoms with Gasteiger partial charge in [-0.1, -0.05) is 26.7 Å². The van der Waals surface area contributed by atoms with Crippen molar-refractivity contribution in [2.24, 2.45) is 17.1 Å². The number of hydrogen-bond acceptors (Lipinski definition) is 3. The van der Waals surface area contributed by atoms with Crippen molar-refractivity contribution < 1.29 is 9.53 Å². The molecule has 0 aromatic carbocycles. The Kier molecular flexibility index (Phi) is 4.45. The van der Waals surface area contributed by atoms with Gasteiger partial charge in [-0.05, 0) is 32.1 Å². The SMILES string of the molecule is CC1(C)CN(C(=O)C2CCCCC2(C)C)CC(CN)O1. The number of nitrogens with zero attached hydrogens (tertiary/aromatic N) is 1. The normalized spacial score (nSPS) is 33.0. The number of hydrogen-bond donors (Lipinski definition) is 1. The lowest BCUT2D eigenvalue weighted by atomic mass is 9.68. The fraction of sp³-hybridized carbons (Fsp3) is 0.938. The Morgan fingerprint density at radius 3 is 2.60 bits per heavy atom. The predicted octanol–water partition coefficient (Wildman–Crippen LogP) is 2.17. The van der Waals surface area contributed by atoms with Gasteiger partial charge < -0.3 is 15.4 Å². The Labute approximate surface area is 123 Å². The molecule has 2 aliphatic rings. The molecule has 0 radical (unpaired) electrons. The zero-order valence-corrected chi connectivity index (χ0v) is 13.4. The third kappa shape index (κ3) is 3.34. The maximum absolute atomic E-state index is 12.9. The first-order chi connectivity index (χ1) is 9.25. The number of carbonyl (C=O) groups is 1. The summed E-state index contributed by atoms with van der Waals surface area (Å²) in [6.07, 6.45) is 4.56. The van der Waals surface area contributed by atoms with E-state index in [9.17, 15) is 4.79 Å². The van der Waals surface area contributed by atoms with Crippen molar-refractivity contribution in [3.05, 3.63) is 0 Å². The second-order valence-electron chi connectivity index (χ2n) is 7.74. The first-order valence-electron chi connectivity index (χ1n) is 7.92. The van der Waals surface area contributed by atoms with E-state index in [1.165, 1.54) is 12.8 Å². The van der Waals surface area contributed by atoms with Gasteiger partial charge in [-0.3, -0.25) is 4.79 Å². The number of ether oxygens (including phenoxy) is 1. The molecule has 2 fully saturated rings. The summed E-state index contributed by atoms with van der Waals surface area (Å²) in [7, 11) is 0. The highest BCUT2D eigenvalue weighted by Gasteiger charge is 2.42. The van der Waals surface area contributed by atoms with E-state index in [2.05, 4.69) is 13.8 Å². The fourth-order valence-electron chi connectivity index (χ4n) is 3.76. The standard InChI is InChI=1S/C16H30N2O2/c1-15(2)8-6-5-7-13(15)14(19)18-10-12(9-17)20-16(3,4)11-18/h12-13H,5-11,17H2,1-4H3. The summed E-state index contributed by atoms with van der Waals surface area (Å²) in [4.78, 5) is 14.9. The molecule has 1 saturated heterocycles. The van der Waals surface area contributed by atoms with Crippen molar-refractivity contribution in [1.29, 1.82) is 0 Å². The molecule has 2 rings (SSSR count). The van der Waals surface area contributed by atoms with Crippen LogP contribution in [0.1, 0.15) is 53.4 Å². The van der Waals surface area contributed by atoms with Crippen LogP contribution in [0.4, 0.5) is 0 Å². The van der Waals surface area contributed by atoms with Gasteiger partial charge in [-0.15, -0.1) is 0 Å². The Hall–Kier alpha value is -0.610. The van der Waals surface area contributed by atoms with Crippen LogP contribution in [0, 0.1) is 11.3 Å². The second kappa shape index (κ2) is 5.64. The van der Waals surface area contributed by atoms with Crippen LogP contribution in [0.25, 0.3) is 0 Å². The van der Waals surface area contributed by atoms with Gasteiger partial charge in [-0.2, -0.15) is 0 Å².